The molecular formula is C7H8FeO3. The second kappa shape index (κ2) is 4.77. The van der Waals surface area contributed by atoms with Gasteiger partial charge in [-0.05, 0) is 0 Å². The van der Waals surface area contributed by atoms with E-state index in [9.17, 15) is 14.4 Å². The first-order chi connectivity index (χ1) is 5.24. The van der Waals surface area contributed by atoms with Crippen LogP contribution in [0.5, 0.6) is 0 Å². The molecule has 62 valence electrons. The molecule has 0 heterocycles. The van der Waals surface area contributed by atoms with E-state index in [4.69, 9.17) is 0 Å². The summed E-state index contributed by atoms with van der Waals surface area (Å²) in [5.74, 6) is 0. The molecular weight excluding hydrogens is 188 g/mol. The van der Waals surface area contributed by atoms with E-state index in [1.807, 2.05) is 0 Å². The number of hydrogen-bond donors (Lipinski definition) is 0. The third-order valence-electron chi connectivity index (χ3n) is 0.841. The minimum absolute atomic E-state index is 0.410. The molecule has 0 fully saturated rings. The van der Waals surface area contributed by atoms with Crippen LogP contribution in [0.3, 0.4) is 0 Å². The first-order valence-corrected chi connectivity index (χ1v) is 5.15. The standard InChI is InChI=1S/C4H5.3CHO.Fe/c1-3-4-2;3*1-2;/h1,3-4H,2H2;3*1H;. The van der Waals surface area contributed by atoms with Gasteiger partial charge in [0.25, 0.3) is 0 Å². The monoisotopic (exact) mass is 196 g/mol. The van der Waals surface area contributed by atoms with Crippen LogP contribution < -0.4 is 0 Å². The summed E-state index contributed by atoms with van der Waals surface area (Å²) < 4.78 is 0. The molecule has 0 aliphatic rings. The maximum absolute atomic E-state index is 10.3. The van der Waals surface area contributed by atoms with Crippen molar-refractivity contribution in [3.8, 4) is 0 Å². The molecule has 0 aromatic carbocycles. The van der Waals surface area contributed by atoms with Gasteiger partial charge in [0.1, 0.15) is 0 Å². The van der Waals surface area contributed by atoms with E-state index in [0.29, 0.717) is 15.6 Å². The Labute approximate surface area is 67.0 Å². The summed E-state index contributed by atoms with van der Waals surface area (Å²) >= 11 is -2.89. The molecule has 0 saturated carbocycles. The van der Waals surface area contributed by atoms with E-state index in [1.165, 1.54) is 17.1 Å². The Bertz CT molecular complexity index is 186. The Kier molecular flexibility index (Phi) is 4.34. The third kappa shape index (κ3) is 2.62. The molecule has 0 unspecified atom stereocenters. The Balaban J connectivity index is 4.67. The molecule has 0 aliphatic carbocycles. The van der Waals surface area contributed by atoms with E-state index < -0.39 is 12.8 Å². The zero-order valence-corrected chi connectivity index (χ0v) is 6.85. The summed E-state index contributed by atoms with van der Waals surface area (Å²) in [6.45, 7) is 3.35. The third-order valence-corrected chi connectivity index (χ3v) is 3.04. The molecule has 0 saturated heterocycles. The van der Waals surface area contributed by atoms with Gasteiger partial charge in [-0.1, -0.05) is 0 Å². The van der Waals surface area contributed by atoms with E-state index in [2.05, 4.69) is 6.58 Å². The molecule has 0 aliphatic heterocycles. The topological polar surface area (TPSA) is 51.2 Å². The van der Waals surface area contributed by atoms with Crippen molar-refractivity contribution in [1.29, 1.82) is 0 Å². The summed E-state index contributed by atoms with van der Waals surface area (Å²) in [7, 11) is 0. The Morgan fingerprint density at radius 2 is 1.45 bits per heavy atom. The van der Waals surface area contributed by atoms with Crippen LogP contribution in [0, 0.1) is 0 Å². The van der Waals surface area contributed by atoms with Crippen molar-refractivity contribution in [2.75, 3.05) is 0 Å². The fourth-order valence-electron chi connectivity index (χ4n) is 0.308. The van der Waals surface area contributed by atoms with Crippen molar-refractivity contribution in [2.45, 2.75) is 0 Å². The molecule has 0 aromatic heterocycles. The van der Waals surface area contributed by atoms with Gasteiger partial charge in [-0.2, -0.15) is 0 Å². The molecule has 0 spiro atoms. The van der Waals surface area contributed by atoms with E-state index in [1.54, 1.807) is 0 Å². The average Bonchev–Trinajstić information content (AvgIpc) is 2.08. The summed E-state index contributed by atoms with van der Waals surface area (Å²) in [5.41, 5.74) is 0. The number of hydrogen-bond acceptors (Lipinski definition) is 3. The Morgan fingerprint density at radius 3 is 1.73 bits per heavy atom. The van der Waals surface area contributed by atoms with Gasteiger partial charge >= 0.3 is 66.5 Å². The van der Waals surface area contributed by atoms with Gasteiger partial charge < -0.3 is 0 Å². The number of carbonyl (C=O) groups excluding carboxylic acids is 3. The number of allylic oxidation sites excluding steroid dienone is 2. The molecule has 0 aromatic rings. The first kappa shape index (κ1) is 10.0. The van der Waals surface area contributed by atoms with Crippen LogP contribution in [0.2, 0.25) is 0 Å². The summed E-state index contributed by atoms with van der Waals surface area (Å²) in [4.78, 5) is 32.2. The second-order valence-corrected chi connectivity index (χ2v) is 4.86. The van der Waals surface area contributed by atoms with Gasteiger partial charge in [0.15, 0.2) is 0 Å². The van der Waals surface area contributed by atoms with Gasteiger partial charge in [0, 0.05) is 0 Å². The Morgan fingerprint density at radius 1 is 1.00 bits per heavy atom. The van der Waals surface area contributed by atoms with Gasteiger partial charge in [-0.25, -0.2) is 0 Å². The quantitative estimate of drug-likeness (QED) is 0.363. The van der Waals surface area contributed by atoms with Crippen molar-refractivity contribution in [1.82, 2.24) is 0 Å². The molecule has 4 heteroatoms. The van der Waals surface area contributed by atoms with E-state index in [-0.39, 0.29) is 0 Å². The normalized spacial score (nSPS) is 12.4. The summed E-state index contributed by atoms with van der Waals surface area (Å²) in [5, 5.41) is 1.23. The molecule has 0 N–H and O–H groups in total. The SMILES string of the molecule is C=CC=[CH][Fe]([CH]=O)([CH]=O)[CH]=O. The predicted octanol–water partition coefficient (Wildman–Crippen LogP) is 0.411. The molecule has 0 rings (SSSR count). The second-order valence-electron chi connectivity index (χ2n) is 1.50. The van der Waals surface area contributed by atoms with Crippen LogP contribution >= 0.6 is 0 Å². The first-order valence-electron chi connectivity index (χ1n) is 2.60. The molecule has 0 atom stereocenters. The Hall–Kier alpha value is -0.991. The number of rotatable bonds is 5. The van der Waals surface area contributed by atoms with Crippen LogP contribution in [0.25, 0.3) is 0 Å². The van der Waals surface area contributed by atoms with Gasteiger partial charge in [0.2, 0.25) is 0 Å². The maximum atomic E-state index is 10.3. The fourth-order valence-corrected chi connectivity index (χ4v) is 1.27. The predicted molar refractivity (Wildman–Crippen MR) is 39.6 cm³/mol. The summed E-state index contributed by atoms with van der Waals surface area (Å²) in [6.07, 6.45) is 2.84. The molecule has 0 bridgehead atoms. The van der Waals surface area contributed by atoms with Crippen molar-refractivity contribution in [3.05, 3.63) is 23.7 Å². The number of carbonyl (C=O) groups is 3. The van der Waals surface area contributed by atoms with Crippen molar-refractivity contribution in [2.24, 2.45) is 0 Å². The van der Waals surface area contributed by atoms with Crippen LogP contribution in [-0.2, 0) is 27.2 Å². The van der Waals surface area contributed by atoms with Crippen LogP contribution in [0.1, 0.15) is 0 Å². The van der Waals surface area contributed by atoms with Crippen molar-refractivity contribution >= 4 is 15.6 Å². The van der Waals surface area contributed by atoms with Gasteiger partial charge in [0.05, 0.1) is 0 Å². The summed E-state index contributed by atoms with van der Waals surface area (Å²) in [6, 6.07) is 0. The average molecular weight is 196 g/mol. The van der Waals surface area contributed by atoms with E-state index >= 15 is 0 Å². The van der Waals surface area contributed by atoms with Crippen molar-refractivity contribution in [3.63, 3.8) is 0 Å². The van der Waals surface area contributed by atoms with Crippen LogP contribution in [0.4, 0.5) is 0 Å². The van der Waals surface area contributed by atoms with E-state index in [0.717, 1.165) is 0 Å². The van der Waals surface area contributed by atoms with Crippen LogP contribution in [0.15, 0.2) is 23.7 Å². The molecule has 0 amide bonds. The molecule has 11 heavy (non-hydrogen) atoms. The zero-order valence-electron chi connectivity index (χ0n) is 5.75. The molecule has 3 nitrogen and oxygen atoms in total. The zero-order chi connectivity index (χ0) is 8.74. The van der Waals surface area contributed by atoms with Crippen LogP contribution in [-0.4, -0.2) is 15.6 Å². The van der Waals surface area contributed by atoms with Gasteiger partial charge in [-0.15, -0.1) is 0 Å². The minimum atomic E-state index is -2.89. The molecule has 0 radical (unpaired) electrons. The van der Waals surface area contributed by atoms with Crippen molar-refractivity contribution < 1.29 is 27.2 Å². The fraction of sp³-hybridized carbons (Fsp3) is 0. The van der Waals surface area contributed by atoms with Gasteiger partial charge in [-0.3, -0.25) is 0 Å².